The Morgan fingerprint density at radius 2 is 2.10 bits per heavy atom. The van der Waals surface area contributed by atoms with Gasteiger partial charge >= 0.3 is 12.0 Å². The maximum Gasteiger partial charge on any atom is 0.325 e. The Labute approximate surface area is 118 Å². The fraction of sp³-hybridized carbons (Fsp3) is 0.167. The van der Waals surface area contributed by atoms with Gasteiger partial charge in [-0.2, -0.15) is 0 Å². The molecule has 1 aromatic carbocycles. The molecule has 0 radical (unpaired) electrons. The van der Waals surface area contributed by atoms with Gasteiger partial charge in [-0.15, -0.1) is 5.10 Å². The van der Waals surface area contributed by atoms with E-state index in [1.165, 1.54) is 24.4 Å². The van der Waals surface area contributed by atoms with Gasteiger partial charge < -0.3 is 15.7 Å². The molecule has 2 aromatic rings. The molecule has 8 nitrogen and oxygen atoms in total. The van der Waals surface area contributed by atoms with E-state index in [-0.39, 0.29) is 18.8 Å². The summed E-state index contributed by atoms with van der Waals surface area (Å²) < 4.78 is 14.4. The minimum Gasteiger partial charge on any atom is -0.480 e. The van der Waals surface area contributed by atoms with Gasteiger partial charge in [-0.05, 0) is 12.1 Å². The summed E-state index contributed by atoms with van der Waals surface area (Å²) in [5.41, 5.74) is 0.449. The summed E-state index contributed by atoms with van der Waals surface area (Å²) in [7, 11) is 0. The number of hydrogen-bond donors (Lipinski definition) is 3. The molecule has 0 spiro atoms. The molecule has 2 rings (SSSR count). The quantitative estimate of drug-likeness (QED) is 0.756. The van der Waals surface area contributed by atoms with Crippen molar-refractivity contribution in [2.45, 2.75) is 13.1 Å². The third-order valence-electron chi connectivity index (χ3n) is 2.44. The zero-order chi connectivity index (χ0) is 15.2. The largest absolute Gasteiger partial charge is 0.480 e. The number of aromatic nitrogens is 3. The number of carbonyl (C=O) groups is 2. The molecule has 2 amide bonds. The van der Waals surface area contributed by atoms with E-state index in [2.05, 4.69) is 20.9 Å². The van der Waals surface area contributed by atoms with Gasteiger partial charge in [-0.1, -0.05) is 17.3 Å². The Balaban J connectivity index is 1.85. The second-order valence-corrected chi connectivity index (χ2v) is 4.09. The third-order valence-corrected chi connectivity index (χ3v) is 2.44. The van der Waals surface area contributed by atoms with E-state index < -0.39 is 17.8 Å². The lowest BCUT2D eigenvalue weighted by Crippen LogP contribution is -2.28. The summed E-state index contributed by atoms with van der Waals surface area (Å²) in [4.78, 5) is 22.1. The number of rotatable bonds is 5. The predicted molar refractivity (Wildman–Crippen MR) is 69.9 cm³/mol. The standard InChI is InChI=1S/C12H12FN5O3/c13-9-3-1-2-4-10(9)15-12(21)14-5-8-6-18(17-16-8)7-11(19)20/h1-4,6H,5,7H2,(H,19,20)(H2,14,15,21). The second-order valence-electron chi connectivity index (χ2n) is 4.09. The van der Waals surface area contributed by atoms with Crippen LogP contribution in [0, 0.1) is 5.82 Å². The van der Waals surface area contributed by atoms with Crippen LogP contribution in [0.25, 0.3) is 0 Å². The van der Waals surface area contributed by atoms with Crippen LogP contribution in [0.5, 0.6) is 0 Å². The van der Waals surface area contributed by atoms with Crippen LogP contribution in [-0.4, -0.2) is 32.1 Å². The van der Waals surface area contributed by atoms with Crippen molar-refractivity contribution in [1.29, 1.82) is 0 Å². The molecule has 0 fully saturated rings. The minimum atomic E-state index is -1.04. The van der Waals surface area contributed by atoms with Crippen LogP contribution in [0.2, 0.25) is 0 Å². The summed E-state index contributed by atoms with van der Waals surface area (Å²) in [5, 5.41) is 20.7. The number of carboxylic acids is 1. The Hall–Kier alpha value is -2.97. The first-order chi connectivity index (χ1) is 10.0. The third kappa shape index (κ3) is 4.27. The predicted octanol–water partition coefficient (Wildman–Crippen LogP) is 0.824. The molecule has 0 unspecified atom stereocenters. The molecule has 1 heterocycles. The number of aliphatic carboxylic acids is 1. The number of halogens is 1. The molecule has 9 heteroatoms. The van der Waals surface area contributed by atoms with Gasteiger partial charge in [0.05, 0.1) is 18.4 Å². The molecule has 0 atom stereocenters. The number of nitrogens with zero attached hydrogens (tertiary/aromatic N) is 3. The van der Waals surface area contributed by atoms with Crippen molar-refractivity contribution in [3.63, 3.8) is 0 Å². The molecule has 21 heavy (non-hydrogen) atoms. The molecular formula is C12H12FN5O3. The first-order valence-electron chi connectivity index (χ1n) is 5.95. The fourth-order valence-electron chi connectivity index (χ4n) is 1.54. The molecular weight excluding hydrogens is 281 g/mol. The van der Waals surface area contributed by atoms with Gasteiger partial charge in [-0.25, -0.2) is 13.9 Å². The number of anilines is 1. The van der Waals surface area contributed by atoms with Crippen LogP contribution < -0.4 is 10.6 Å². The molecule has 0 aliphatic heterocycles. The van der Waals surface area contributed by atoms with Crippen molar-refractivity contribution in [2.75, 3.05) is 5.32 Å². The van der Waals surface area contributed by atoms with Crippen LogP contribution in [-0.2, 0) is 17.9 Å². The fourth-order valence-corrected chi connectivity index (χ4v) is 1.54. The van der Waals surface area contributed by atoms with Gasteiger partial charge in [0.25, 0.3) is 0 Å². The highest BCUT2D eigenvalue weighted by Crippen LogP contribution is 2.11. The summed E-state index contributed by atoms with van der Waals surface area (Å²) in [6.45, 7) is -0.270. The number of amides is 2. The highest BCUT2D eigenvalue weighted by atomic mass is 19.1. The van der Waals surface area contributed by atoms with Crippen LogP contribution in [0.15, 0.2) is 30.5 Å². The van der Waals surface area contributed by atoms with E-state index in [4.69, 9.17) is 5.11 Å². The van der Waals surface area contributed by atoms with E-state index in [9.17, 15) is 14.0 Å². The molecule has 1 aromatic heterocycles. The van der Waals surface area contributed by atoms with E-state index in [0.29, 0.717) is 5.69 Å². The summed E-state index contributed by atoms with van der Waals surface area (Å²) in [6, 6.07) is 5.16. The molecule has 0 aliphatic carbocycles. The molecule has 0 aliphatic rings. The average molecular weight is 293 g/mol. The van der Waals surface area contributed by atoms with Crippen molar-refractivity contribution in [2.24, 2.45) is 0 Å². The number of hydrogen-bond acceptors (Lipinski definition) is 4. The molecule has 3 N–H and O–H groups in total. The highest BCUT2D eigenvalue weighted by Gasteiger charge is 2.08. The van der Waals surface area contributed by atoms with Gasteiger partial charge in [0.15, 0.2) is 0 Å². The topological polar surface area (TPSA) is 109 Å². The SMILES string of the molecule is O=C(O)Cn1cc(CNC(=O)Nc2ccccc2F)nn1. The molecule has 0 saturated carbocycles. The average Bonchev–Trinajstić information content (AvgIpc) is 2.86. The first-order valence-corrected chi connectivity index (χ1v) is 5.95. The van der Waals surface area contributed by atoms with Gasteiger partial charge in [0, 0.05) is 0 Å². The van der Waals surface area contributed by atoms with E-state index >= 15 is 0 Å². The summed E-state index contributed by atoms with van der Waals surface area (Å²) in [6.07, 6.45) is 1.40. The second kappa shape index (κ2) is 6.46. The normalized spacial score (nSPS) is 10.1. The van der Waals surface area contributed by atoms with E-state index in [1.54, 1.807) is 6.07 Å². The minimum absolute atomic E-state index is 0.0416. The number of carboxylic acid groups (broad SMARTS) is 1. The lowest BCUT2D eigenvalue weighted by atomic mass is 10.3. The smallest absolute Gasteiger partial charge is 0.325 e. The lowest BCUT2D eigenvalue weighted by Gasteiger charge is -2.06. The molecule has 0 saturated heterocycles. The van der Waals surface area contributed by atoms with Gasteiger partial charge in [-0.3, -0.25) is 4.79 Å². The summed E-state index contributed by atoms with van der Waals surface area (Å²) >= 11 is 0. The Kier molecular flexibility index (Phi) is 4.44. The van der Waals surface area contributed by atoms with Crippen molar-refractivity contribution < 1.29 is 19.1 Å². The number of carbonyl (C=O) groups excluding carboxylic acids is 1. The Bertz CT molecular complexity index is 658. The van der Waals surface area contributed by atoms with Crippen molar-refractivity contribution in [3.05, 3.63) is 42.0 Å². The number of nitrogens with one attached hydrogen (secondary N) is 2. The zero-order valence-corrected chi connectivity index (χ0v) is 10.8. The van der Waals surface area contributed by atoms with Gasteiger partial charge in [0.2, 0.25) is 0 Å². The van der Waals surface area contributed by atoms with Crippen LogP contribution in [0.4, 0.5) is 14.9 Å². The van der Waals surface area contributed by atoms with Crippen LogP contribution in [0.3, 0.4) is 0 Å². The van der Waals surface area contributed by atoms with Crippen molar-refractivity contribution in [1.82, 2.24) is 20.3 Å². The lowest BCUT2D eigenvalue weighted by molar-refractivity contribution is -0.137. The van der Waals surface area contributed by atoms with Crippen LogP contribution >= 0.6 is 0 Å². The highest BCUT2D eigenvalue weighted by molar-refractivity contribution is 5.89. The van der Waals surface area contributed by atoms with E-state index in [0.717, 1.165) is 4.68 Å². The Morgan fingerprint density at radius 3 is 2.81 bits per heavy atom. The van der Waals surface area contributed by atoms with Crippen LogP contribution in [0.1, 0.15) is 5.69 Å². The molecule has 110 valence electrons. The van der Waals surface area contributed by atoms with E-state index in [1.807, 2.05) is 0 Å². The number of para-hydroxylation sites is 1. The maximum atomic E-state index is 13.3. The van der Waals surface area contributed by atoms with Crippen molar-refractivity contribution >= 4 is 17.7 Å². The number of benzene rings is 1. The van der Waals surface area contributed by atoms with Crippen molar-refractivity contribution in [3.8, 4) is 0 Å². The summed E-state index contributed by atoms with van der Waals surface area (Å²) in [5.74, 6) is -1.59. The maximum absolute atomic E-state index is 13.3. The zero-order valence-electron chi connectivity index (χ0n) is 10.8. The number of urea groups is 1. The van der Waals surface area contributed by atoms with Gasteiger partial charge in [0.1, 0.15) is 18.1 Å². The monoisotopic (exact) mass is 293 g/mol. The Morgan fingerprint density at radius 1 is 1.33 bits per heavy atom. The molecule has 0 bridgehead atoms. The first kappa shape index (κ1) is 14.4.